The molecular formula is C27H20ClN3O3. The van der Waals surface area contributed by atoms with Gasteiger partial charge in [-0.3, -0.25) is 9.78 Å². The molecule has 1 aromatic heterocycles. The molecule has 0 bridgehead atoms. The molecule has 6 nitrogen and oxygen atoms in total. The second-order valence-corrected chi connectivity index (χ2v) is 7.70. The van der Waals surface area contributed by atoms with Gasteiger partial charge in [0.05, 0.1) is 18.3 Å². The van der Waals surface area contributed by atoms with E-state index in [9.17, 15) is 10.1 Å². The Labute approximate surface area is 202 Å². The van der Waals surface area contributed by atoms with Gasteiger partial charge in [0, 0.05) is 22.2 Å². The fourth-order valence-electron chi connectivity index (χ4n) is 3.38. The van der Waals surface area contributed by atoms with E-state index in [1.807, 2.05) is 36.4 Å². The molecular weight excluding hydrogens is 450 g/mol. The number of anilines is 1. The van der Waals surface area contributed by atoms with Gasteiger partial charge in [0.15, 0.2) is 11.5 Å². The number of nitriles is 1. The van der Waals surface area contributed by atoms with Gasteiger partial charge in [-0.1, -0.05) is 41.9 Å². The molecule has 0 aliphatic rings. The van der Waals surface area contributed by atoms with Crippen molar-refractivity contribution in [3.05, 3.63) is 101 Å². The van der Waals surface area contributed by atoms with Gasteiger partial charge < -0.3 is 14.8 Å². The number of methoxy groups -OCH3 is 1. The number of hydrogen-bond acceptors (Lipinski definition) is 5. The molecule has 0 saturated carbocycles. The number of halogens is 1. The molecule has 1 heterocycles. The summed E-state index contributed by atoms with van der Waals surface area (Å²) >= 11 is 6.19. The van der Waals surface area contributed by atoms with Crippen LogP contribution in [0.5, 0.6) is 11.5 Å². The average molecular weight is 470 g/mol. The lowest BCUT2D eigenvalue weighted by molar-refractivity contribution is -0.112. The van der Waals surface area contributed by atoms with Gasteiger partial charge in [-0.2, -0.15) is 5.26 Å². The van der Waals surface area contributed by atoms with E-state index < -0.39 is 5.91 Å². The zero-order valence-electron chi connectivity index (χ0n) is 18.3. The summed E-state index contributed by atoms with van der Waals surface area (Å²) in [7, 11) is 1.53. The van der Waals surface area contributed by atoms with Gasteiger partial charge in [-0.05, 0) is 54.1 Å². The number of nitrogens with zero attached hydrogens (tertiary/aromatic N) is 2. The number of aromatic nitrogens is 1. The lowest BCUT2D eigenvalue weighted by Gasteiger charge is -2.12. The molecule has 7 heteroatoms. The van der Waals surface area contributed by atoms with Gasteiger partial charge in [0.25, 0.3) is 5.91 Å². The highest BCUT2D eigenvalue weighted by atomic mass is 35.5. The Morgan fingerprint density at radius 1 is 1.09 bits per heavy atom. The minimum atomic E-state index is -0.517. The maximum Gasteiger partial charge on any atom is 0.266 e. The molecule has 34 heavy (non-hydrogen) atoms. The molecule has 0 saturated heterocycles. The highest BCUT2D eigenvalue weighted by Gasteiger charge is 2.13. The van der Waals surface area contributed by atoms with Crippen LogP contribution in [0.3, 0.4) is 0 Å². The minimum absolute atomic E-state index is 0.0484. The van der Waals surface area contributed by atoms with Crippen LogP contribution in [-0.4, -0.2) is 18.0 Å². The van der Waals surface area contributed by atoms with Gasteiger partial charge in [0.1, 0.15) is 18.2 Å². The molecule has 0 aliphatic heterocycles. The number of benzene rings is 3. The number of ether oxygens (including phenoxy) is 2. The van der Waals surface area contributed by atoms with E-state index in [2.05, 4.69) is 10.3 Å². The predicted molar refractivity (Wildman–Crippen MR) is 133 cm³/mol. The Bertz CT molecular complexity index is 1420. The number of carbonyl (C=O) groups excluding carboxylic acids is 1. The highest BCUT2D eigenvalue weighted by molar-refractivity contribution is 6.31. The van der Waals surface area contributed by atoms with Crippen LogP contribution in [0.2, 0.25) is 5.02 Å². The zero-order chi connectivity index (χ0) is 23.9. The number of nitrogens with one attached hydrogen (secondary N) is 1. The molecule has 4 rings (SSSR count). The summed E-state index contributed by atoms with van der Waals surface area (Å²) in [6, 6.07) is 23.7. The lowest BCUT2D eigenvalue weighted by atomic mass is 10.1. The third kappa shape index (κ3) is 5.17. The van der Waals surface area contributed by atoms with Crippen molar-refractivity contribution in [2.75, 3.05) is 12.4 Å². The average Bonchev–Trinajstić information content (AvgIpc) is 2.87. The topological polar surface area (TPSA) is 84.2 Å². The largest absolute Gasteiger partial charge is 0.493 e. The van der Waals surface area contributed by atoms with Gasteiger partial charge in [0.2, 0.25) is 0 Å². The van der Waals surface area contributed by atoms with Gasteiger partial charge in [-0.15, -0.1) is 0 Å². The molecule has 0 radical (unpaired) electrons. The van der Waals surface area contributed by atoms with Crippen molar-refractivity contribution in [1.29, 1.82) is 5.26 Å². The van der Waals surface area contributed by atoms with Crippen LogP contribution in [0, 0.1) is 11.3 Å². The van der Waals surface area contributed by atoms with E-state index in [4.69, 9.17) is 21.1 Å². The van der Waals surface area contributed by atoms with Crippen molar-refractivity contribution >= 4 is 40.2 Å². The summed E-state index contributed by atoms with van der Waals surface area (Å²) in [5, 5.41) is 13.8. The van der Waals surface area contributed by atoms with E-state index in [1.54, 1.807) is 48.7 Å². The predicted octanol–water partition coefficient (Wildman–Crippen LogP) is 6.02. The van der Waals surface area contributed by atoms with Gasteiger partial charge >= 0.3 is 0 Å². The number of amides is 1. The Hall–Kier alpha value is -4.34. The van der Waals surface area contributed by atoms with Crippen molar-refractivity contribution in [1.82, 2.24) is 4.98 Å². The van der Waals surface area contributed by atoms with E-state index in [-0.39, 0.29) is 12.2 Å². The lowest BCUT2D eigenvalue weighted by Crippen LogP contribution is -2.13. The molecule has 1 N–H and O–H groups in total. The Morgan fingerprint density at radius 3 is 2.74 bits per heavy atom. The first-order valence-corrected chi connectivity index (χ1v) is 10.8. The van der Waals surface area contributed by atoms with Crippen molar-refractivity contribution in [3.8, 4) is 17.6 Å². The maximum absolute atomic E-state index is 12.8. The first-order chi connectivity index (χ1) is 16.6. The summed E-state index contributed by atoms with van der Waals surface area (Å²) < 4.78 is 11.3. The number of carbonyl (C=O) groups is 1. The van der Waals surface area contributed by atoms with Crippen LogP contribution >= 0.6 is 11.6 Å². The van der Waals surface area contributed by atoms with Crippen molar-refractivity contribution in [3.63, 3.8) is 0 Å². The second kappa shape index (κ2) is 10.5. The Morgan fingerprint density at radius 2 is 1.94 bits per heavy atom. The number of pyridine rings is 1. The monoisotopic (exact) mass is 469 g/mol. The van der Waals surface area contributed by atoms with Crippen LogP contribution in [0.15, 0.2) is 84.6 Å². The first kappa shape index (κ1) is 22.8. The normalized spacial score (nSPS) is 11.0. The standard InChI is InChI=1S/C27H20ClN3O3/c1-33-26-15-18(11-12-25(26)34-17-19-6-2-3-8-22(19)28)14-20(16-29)27(32)31-24-10-4-9-23-21(24)7-5-13-30-23/h2-15H,17H2,1H3,(H,31,32)/b20-14+. The van der Waals surface area contributed by atoms with Crippen LogP contribution < -0.4 is 14.8 Å². The number of fused-ring (bicyclic) bond motifs is 1. The minimum Gasteiger partial charge on any atom is -0.493 e. The SMILES string of the molecule is COc1cc(/C=C(\C#N)C(=O)Nc2cccc3ncccc23)ccc1OCc1ccccc1Cl. The summed E-state index contributed by atoms with van der Waals surface area (Å²) in [6.45, 7) is 0.275. The Kier molecular flexibility index (Phi) is 7.07. The molecule has 0 fully saturated rings. The summed E-state index contributed by atoms with van der Waals surface area (Å²) in [5.41, 5.74) is 2.75. The second-order valence-electron chi connectivity index (χ2n) is 7.29. The highest BCUT2D eigenvalue weighted by Crippen LogP contribution is 2.30. The van der Waals surface area contributed by atoms with Crippen LogP contribution in [0.4, 0.5) is 5.69 Å². The van der Waals surface area contributed by atoms with E-state index in [0.717, 1.165) is 16.5 Å². The van der Waals surface area contributed by atoms with E-state index in [1.165, 1.54) is 13.2 Å². The van der Waals surface area contributed by atoms with Crippen LogP contribution in [-0.2, 0) is 11.4 Å². The molecule has 1 amide bonds. The van der Waals surface area contributed by atoms with Crippen molar-refractivity contribution in [2.24, 2.45) is 0 Å². The first-order valence-electron chi connectivity index (χ1n) is 10.4. The molecule has 0 aliphatic carbocycles. The quantitative estimate of drug-likeness (QED) is 0.264. The molecule has 168 valence electrons. The third-order valence-electron chi connectivity index (χ3n) is 5.10. The van der Waals surface area contributed by atoms with Crippen molar-refractivity contribution < 1.29 is 14.3 Å². The van der Waals surface area contributed by atoms with E-state index >= 15 is 0 Å². The third-order valence-corrected chi connectivity index (χ3v) is 5.47. The summed E-state index contributed by atoms with van der Waals surface area (Å²) in [4.78, 5) is 17.1. The van der Waals surface area contributed by atoms with Crippen LogP contribution in [0.1, 0.15) is 11.1 Å². The fraction of sp³-hybridized carbons (Fsp3) is 0.0741. The molecule has 3 aromatic carbocycles. The summed E-state index contributed by atoms with van der Waals surface area (Å²) in [5.74, 6) is 0.473. The fourth-order valence-corrected chi connectivity index (χ4v) is 3.57. The Balaban J connectivity index is 1.53. The molecule has 4 aromatic rings. The van der Waals surface area contributed by atoms with Crippen molar-refractivity contribution in [2.45, 2.75) is 6.61 Å². The molecule has 0 unspecified atom stereocenters. The summed E-state index contributed by atoms with van der Waals surface area (Å²) in [6.07, 6.45) is 3.18. The van der Waals surface area contributed by atoms with E-state index in [0.29, 0.717) is 27.8 Å². The smallest absolute Gasteiger partial charge is 0.266 e. The van der Waals surface area contributed by atoms with Crippen LogP contribution in [0.25, 0.3) is 17.0 Å². The molecule has 0 atom stereocenters. The van der Waals surface area contributed by atoms with Gasteiger partial charge in [-0.25, -0.2) is 0 Å². The number of rotatable bonds is 7. The molecule has 0 spiro atoms. The number of hydrogen-bond donors (Lipinski definition) is 1. The zero-order valence-corrected chi connectivity index (χ0v) is 19.0. The maximum atomic E-state index is 12.8.